The molecule has 2 N–H and O–H groups in total. The molecule has 1 aliphatic heterocycles. The third-order valence-corrected chi connectivity index (χ3v) is 4.86. The van der Waals surface area contributed by atoms with Crippen LogP contribution in [0.4, 0.5) is 10.1 Å². The summed E-state index contributed by atoms with van der Waals surface area (Å²) in [6.45, 7) is 0.133. The van der Waals surface area contributed by atoms with E-state index in [4.69, 9.17) is 5.73 Å². The highest BCUT2D eigenvalue weighted by Crippen LogP contribution is 2.22. The van der Waals surface area contributed by atoms with E-state index in [1.807, 2.05) is 0 Å². The molecule has 0 saturated carbocycles. The molecule has 1 aromatic carbocycles. The van der Waals surface area contributed by atoms with Crippen molar-refractivity contribution in [1.29, 1.82) is 0 Å². The van der Waals surface area contributed by atoms with Gasteiger partial charge < -0.3 is 10.6 Å². The monoisotopic (exact) mass is 287 g/mol. The van der Waals surface area contributed by atoms with Gasteiger partial charge in [-0.25, -0.2) is 12.8 Å². The van der Waals surface area contributed by atoms with Crippen molar-refractivity contribution in [2.24, 2.45) is 0 Å². The largest absolute Gasteiger partial charge is 0.399 e. The van der Waals surface area contributed by atoms with Gasteiger partial charge in [0, 0.05) is 25.8 Å². The summed E-state index contributed by atoms with van der Waals surface area (Å²) in [7, 11) is -2.45. The molecule has 0 aromatic heterocycles. The van der Waals surface area contributed by atoms with Crippen LogP contribution in [0.2, 0.25) is 0 Å². The van der Waals surface area contributed by atoms with Crippen LogP contribution >= 0.6 is 0 Å². The minimum atomic E-state index is -4.04. The number of amides is 1. The summed E-state index contributed by atoms with van der Waals surface area (Å²) in [6.07, 6.45) is 0. The molecule has 104 valence electrons. The third kappa shape index (κ3) is 2.54. The number of piperazine rings is 1. The van der Waals surface area contributed by atoms with Gasteiger partial charge in [0.15, 0.2) is 0 Å². The lowest BCUT2D eigenvalue weighted by atomic mass is 10.3. The molecule has 1 amide bonds. The molecule has 1 aromatic rings. The van der Waals surface area contributed by atoms with Crippen LogP contribution in [0.1, 0.15) is 0 Å². The van der Waals surface area contributed by atoms with Gasteiger partial charge in [0.1, 0.15) is 10.7 Å². The van der Waals surface area contributed by atoms with Gasteiger partial charge >= 0.3 is 0 Å². The lowest BCUT2D eigenvalue weighted by Gasteiger charge is -2.31. The number of rotatable bonds is 2. The minimum Gasteiger partial charge on any atom is -0.399 e. The lowest BCUT2D eigenvalue weighted by Crippen LogP contribution is -2.50. The van der Waals surface area contributed by atoms with Gasteiger partial charge in [-0.1, -0.05) is 0 Å². The Balaban J connectivity index is 2.37. The molecule has 0 radical (unpaired) electrons. The van der Waals surface area contributed by atoms with Crippen molar-refractivity contribution in [3.05, 3.63) is 24.0 Å². The number of nitrogens with two attached hydrogens (primary N) is 1. The Bertz CT molecular complexity index is 618. The summed E-state index contributed by atoms with van der Waals surface area (Å²) >= 11 is 0. The molecule has 6 nitrogen and oxygen atoms in total. The molecule has 0 atom stereocenters. The third-order valence-electron chi connectivity index (χ3n) is 3.00. The number of carbonyl (C=O) groups is 1. The number of sulfonamides is 1. The number of hydrogen-bond donors (Lipinski definition) is 1. The smallest absolute Gasteiger partial charge is 0.246 e. The Morgan fingerprint density at radius 2 is 2.00 bits per heavy atom. The first-order valence-electron chi connectivity index (χ1n) is 5.61. The summed E-state index contributed by atoms with van der Waals surface area (Å²) in [5, 5.41) is 0. The van der Waals surface area contributed by atoms with Crippen molar-refractivity contribution in [3.63, 3.8) is 0 Å². The fourth-order valence-electron chi connectivity index (χ4n) is 1.80. The average Bonchev–Trinajstić information content (AvgIpc) is 2.35. The number of carbonyl (C=O) groups excluding carboxylic acids is 1. The highest BCUT2D eigenvalue weighted by molar-refractivity contribution is 7.89. The molecule has 0 unspecified atom stereocenters. The summed E-state index contributed by atoms with van der Waals surface area (Å²) in [6, 6.07) is 3.34. The maximum Gasteiger partial charge on any atom is 0.246 e. The van der Waals surface area contributed by atoms with Crippen LogP contribution in [0.15, 0.2) is 23.1 Å². The number of hydrogen-bond acceptors (Lipinski definition) is 4. The normalized spacial score (nSPS) is 17.8. The molecule has 0 bridgehead atoms. The first-order valence-corrected chi connectivity index (χ1v) is 7.05. The Morgan fingerprint density at radius 1 is 1.32 bits per heavy atom. The van der Waals surface area contributed by atoms with Gasteiger partial charge in [-0.2, -0.15) is 4.31 Å². The van der Waals surface area contributed by atoms with Crippen LogP contribution in [0.3, 0.4) is 0 Å². The van der Waals surface area contributed by atoms with Crippen molar-refractivity contribution in [2.75, 3.05) is 32.4 Å². The average molecular weight is 287 g/mol. The molecular formula is C11H14FN3O3S. The predicted octanol–water partition coefficient (Wildman–Crippen LogP) is -0.129. The second kappa shape index (κ2) is 4.78. The molecule has 1 heterocycles. The van der Waals surface area contributed by atoms with Crippen molar-refractivity contribution < 1.29 is 17.6 Å². The fourth-order valence-corrected chi connectivity index (χ4v) is 3.28. The van der Waals surface area contributed by atoms with E-state index >= 15 is 0 Å². The second-order valence-electron chi connectivity index (χ2n) is 4.34. The molecule has 1 saturated heterocycles. The highest BCUT2D eigenvalue weighted by atomic mass is 32.2. The van der Waals surface area contributed by atoms with E-state index < -0.39 is 20.7 Å². The summed E-state index contributed by atoms with van der Waals surface area (Å²) in [4.78, 5) is 12.5. The summed E-state index contributed by atoms with van der Waals surface area (Å²) in [5.41, 5.74) is 5.63. The molecule has 8 heteroatoms. The zero-order chi connectivity index (χ0) is 14.2. The van der Waals surface area contributed by atoms with Crippen LogP contribution in [0, 0.1) is 5.82 Å². The van der Waals surface area contributed by atoms with E-state index in [9.17, 15) is 17.6 Å². The van der Waals surface area contributed by atoms with Crippen LogP contribution in [0.25, 0.3) is 0 Å². The van der Waals surface area contributed by atoms with Crippen molar-refractivity contribution in [1.82, 2.24) is 9.21 Å². The van der Waals surface area contributed by atoms with E-state index in [0.717, 1.165) is 16.4 Å². The quantitative estimate of drug-likeness (QED) is 0.768. The zero-order valence-electron chi connectivity index (χ0n) is 10.3. The van der Waals surface area contributed by atoms with Gasteiger partial charge in [-0.05, 0) is 18.2 Å². The fraction of sp³-hybridized carbons (Fsp3) is 0.364. The van der Waals surface area contributed by atoms with E-state index in [0.29, 0.717) is 0 Å². The van der Waals surface area contributed by atoms with Crippen LogP contribution in [-0.2, 0) is 14.8 Å². The number of halogens is 1. The van der Waals surface area contributed by atoms with E-state index in [1.165, 1.54) is 11.0 Å². The molecule has 0 spiro atoms. The van der Waals surface area contributed by atoms with Gasteiger partial charge in [-0.15, -0.1) is 0 Å². The molecule has 1 aliphatic rings. The molecule has 19 heavy (non-hydrogen) atoms. The zero-order valence-corrected chi connectivity index (χ0v) is 11.2. The maximum atomic E-state index is 13.6. The van der Waals surface area contributed by atoms with E-state index in [-0.39, 0.29) is 31.2 Å². The van der Waals surface area contributed by atoms with Gasteiger partial charge in [-0.3, -0.25) is 4.79 Å². The van der Waals surface area contributed by atoms with Crippen molar-refractivity contribution in [3.8, 4) is 0 Å². The first kappa shape index (κ1) is 13.8. The van der Waals surface area contributed by atoms with E-state index in [1.54, 1.807) is 7.05 Å². The van der Waals surface area contributed by atoms with Crippen LogP contribution in [-0.4, -0.2) is 50.2 Å². The number of likely N-dealkylation sites (N-methyl/N-ethyl adjacent to an activating group) is 1. The number of nitrogen functional groups attached to an aromatic ring is 1. The van der Waals surface area contributed by atoms with Crippen molar-refractivity contribution in [2.45, 2.75) is 4.90 Å². The summed E-state index contributed by atoms with van der Waals surface area (Å²) < 4.78 is 39.1. The lowest BCUT2D eigenvalue weighted by molar-refractivity contribution is -0.132. The molecular weight excluding hydrogens is 273 g/mol. The number of nitrogens with zero attached hydrogens (tertiary/aromatic N) is 2. The molecule has 1 fully saturated rings. The summed E-state index contributed by atoms with van der Waals surface area (Å²) in [5.74, 6) is -1.19. The minimum absolute atomic E-state index is 0.138. The highest BCUT2D eigenvalue weighted by Gasteiger charge is 2.33. The second-order valence-corrected chi connectivity index (χ2v) is 6.25. The van der Waals surface area contributed by atoms with E-state index in [2.05, 4.69) is 0 Å². The Labute approximate surface area is 110 Å². The van der Waals surface area contributed by atoms with Gasteiger partial charge in [0.2, 0.25) is 15.9 Å². The Kier molecular flexibility index (Phi) is 3.46. The van der Waals surface area contributed by atoms with Crippen LogP contribution in [0.5, 0.6) is 0 Å². The molecule has 2 rings (SSSR count). The first-order chi connectivity index (χ1) is 8.82. The number of anilines is 1. The van der Waals surface area contributed by atoms with Gasteiger partial charge in [0.25, 0.3) is 0 Å². The standard InChI is InChI=1S/C11H14FN3O3S/c1-14-4-5-15(7-11(14)16)19(17,18)10-6-8(13)2-3-9(10)12/h2-3,6H,4-5,7,13H2,1H3. The topological polar surface area (TPSA) is 83.7 Å². The number of benzene rings is 1. The van der Waals surface area contributed by atoms with Crippen molar-refractivity contribution >= 4 is 21.6 Å². The van der Waals surface area contributed by atoms with Gasteiger partial charge in [0.05, 0.1) is 6.54 Å². The molecule has 0 aliphatic carbocycles. The Hall–Kier alpha value is -1.67. The Morgan fingerprint density at radius 3 is 2.63 bits per heavy atom. The predicted molar refractivity (Wildman–Crippen MR) is 67.2 cm³/mol. The van der Waals surface area contributed by atoms with Crippen LogP contribution < -0.4 is 5.73 Å². The SMILES string of the molecule is CN1CCN(S(=O)(=O)c2cc(N)ccc2F)CC1=O. The maximum absolute atomic E-state index is 13.6.